The molecule has 108 valence electrons. The third kappa shape index (κ3) is 3.05. The molecule has 0 fully saturated rings. The summed E-state index contributed by atoms with van der Waals surface area (Å²) in [5.41, 5.74) is 1.57. The van der Waals surface area contributed by atoms with Crippen LogP contribution in [0.5, 0.6) is 0 Å². The highest BCUT2D eigenvalue weighted by molar-refractivity contribution is 7.22. The molecular weight excluding hydrogens is 286 g/mol. The predicted octanol–water partition coefficient (Wildman–Crippen LogP) is 3.04. The lowest BCUT2D eigenvalue weighted by molar-refractivity contribution is 0.0953. The van der Waals surface area contributed by atoms with Gasteiger partial charge in [0.1, 0.15) is 5.76 Å². The lowest BCUT2D eigenvalue weighted by Crippen LogP contribution is -2.28. The average Bonchev–Trinajstić information content (AvgIpc) is 3.08. The average molecular weight is 301 g/mol. The minimum absolute atomic E-state index is 0.118. The largest absolute Gasteiger partial charge is 0.469 e. The second kappa shape index (κ2) is 5.97. The van der Waals surface area contributed by atoms with E-state index in [1.165, 1.54) is 6.26 Å². The fourth-order valence-electron chi connectivity index (χ4n) is 2.01. The Labute approximate surface area is 126 Å². The minimum Gasteiger partial charge on any atom is -0.469 e. The molecule has 6 heteroatoms. The van der Waals surface area contributed by atoms with Gasteiger partial charge in [0.15, 0.2) is 5.13 Å². The first kappa shape index (κ1) is 13.6. The molecule has 2 aromatic heterocycles. The number of nitrogens with zero attached hydrogens (tertiary/aromatic N) is 1. The Morgan fingerprint density at radius 3 is 2.90 bits per heavy atom. The van der Waals surface area contributed by atoms with Crippen LogP contribution in [0.3, 0.4) is 0 Å². The molecule has 0 aliphatic rings. The number of nitrogens with one attached hydrogen (secondary N) is 2. The van der Waals surface area contributed by atoms with E-state index < -0.39 is 0 Å². The van der Waals surface area contributed by atoms with Gasteiger partial charge in [-0.15, -0.1) is 0 Å². The van der Waals surface area contributed by atoms with Crippen LogP contribution in [0.1, 0.15) is 16.1 Å². The second-order valence-corrected chi connectivity index (χ2v) is 5.59. The molecule has 1 amide bonds. The highest BCUT2D eigenvalue weighted by Gasteiger charge is 2.10. The number of fused-ring (bicyclic) bond motifs is 1. The van der Waals surface area contributed by atoms with E-state index in [0.29, 0.717) is 24.4 Å². The number of carbonyl (C=O) groups is 1. The molecule has 3 aromatic rings. The van der Waals surface area contributed by atoms with E-state index in [2.05, 4.69) is 15.6 Å². The molecule has 3 rings (SSSR count). The van der Waals surface area contributed by atoms with Crippen LogP contribution in [0.15, 0.2) is 41.0 Å². The number of thiazole rings is 1. The third-order valence-electron chi connectivity index (χ3n) is 3.08. The van der Waals surface area contributed by atoms with Crippen molar-refractivity contribution in [2.75, 3.05) is 18.4 Å². The molecule has 0 saturated heterocycles. The summed E-state index contributed by atoms with van der Waals surface area (Å²) < 4.78 is 6.26. The fraction of sp³-hybridized carbons (Fsp3) is 0.200. The van der Waals surface area contributed by atoms with Crippen molar-refractivity contribution in [2.45, 2.75) is 6.92 Å². The standard InChI is InChI=1S/C15H15N3O2S/c1-10-11(6-9-20-10)14(19)16-7-8-17-15-18-12-4-2-3-5-13(12)21-15/h2-6,9H,7-8H2,1H3,(H,16,19)(H,17,18). The summed E-state index contributed by atoms with van der Waals surface area (Å²) in [6, 6.07) is 9.67. The lowest BCUT2D eigenvalue weighted by atomic mass is 10.2. The van der Waals surface area contributed by atoms with Crippen molar-refractivity contribution in [2.24, 2.45) is 0 Å². The topological polar surface area (TPSA) is 67.2 Å². The first-order chi connectivity index (χ1) is 10.2. The van der Waals surface area contributed by atoms with Gasteiger partial charge >= 0.3 is 0 Å². The van der Waals surface area contributed by atoms with Crippen LogP contribution < -0.4 is 10.6 Å². The van der Waals surface area contributed by atoms with Gasteiger partial charge in [0.05, 0.1) is 22.0 Å². The van der Waals surface area contributed by atoms with Gasteiger partial charge in [-0.3, -0.25) is 4.79 Å². The van der Waals surface area contributed by atoms with Crippen molar-refractivity contribution in [3.05, 3.63) is 47.9 Å². The maximum absolute atomic E-state index is 11.9. The number of rotatable bonds is 5. The highest BCUT2D eigenvalue weighted by atomic mass is 32.1. The zero-order chi connectivity index (χ0) is 14.7. The van der Waals surface area contributed by atoms with Gasteiger partial charge in [-0.25, -0.2) is 4.98 Å². The van der Waals surface area contributed by atoms with Crippen molar-refractivity contribution in [3.8, 4) is 0 Å². The maximum atomic E-state index is 11.9. The second-order valence-electron chi connectivity index (χ2n) is 4.56. The van der Waals surface area contributed by atoms with E-state index in [1.54, 1.807) is 24.3 Å². The number of benzene rings is 1. The molecule has 0 spiro atoms. The molecule has 0 atom stereocenters. The van der Waals surface area contributed by atoms with Gasteiger partial charge < -0.3 is 15.1 Å². The van der Waals surface area contributed by atoms with Crippen LogP contribution in [-0.4, -0.2) is 24.0 Å². The van der Waals surface area contributed by atoms with Crippen LogP contribution in [0.2, 0.25) is 0 Å². The Morgan fingerprint density at radius 1 is 1.29 bits per heavy atom. The quantitative estimate of drug-likeness (QED) is 0.711. The van der Waals surface area contributed by atoms with Crippen LogP contribution in [0, 0.1) is 6.92 Å². The van der Waals surface area contributed by atoms with Crippen LogP contribution in [-0.2, 0) is 0 Å². The molecule has 1 aromatic carbocycles. The van der Waals surface area contributed by atoms with Gasteiger partial charge in [0.2, 0.25) is 0 Å². The zero-order valence-electron chi connectivity index (χ0n) is 11.6. The van der Waals surface area contributed by atoms with Gasteiger partial charge in [-0.1, -0.05) is 23.5 Å². The highest BCUT2D eigenvalue weighted by Crippen LogP contribution is 2.24. The van der Waals surface area contributed by atoms with Crippen molar-refractivity contribution in [1.82, 2.24) is 10.3 Å². The van der Waals surface area contributed by atoms with Gasteiger partial charge in [0, 0.05) is 13.1 Å². The van der Waals surface area contributed by atoms with Crippen molar-refractivity contribution in [3.63, 3.8) is 0 Å². The van der Waals surface area contributed by atoms with E-state index in [1.807, 2.05) is 24.3 Å². The Hall–Kier alpha value is -2.34. The number of amides is 1. The van der Waals surface area contributed by atoms with Crippen molar-refractivity contribution < 1.29 is 9.21 Å². The molecule has 0 bridgehead atoms. The monoisotopic (exact) mass is 301 g/mol. The number of aromatic nitrogens is 1. The van der Waals surface area contributed by atoms with E-state index in [9.17, 15) is 4.79 Å². The Balaban J connectivity index is 1.50. The number of anilines is 1. The molecule has 0 aliphatic heterocycles. The van der Waals surface area contributed by atoms with Gasteiger partial charge in [-0.2, -0.15) is 0 Å². The predicted molar refractivity (Wildman–Crippen MR) is 83.9 cm³/mol. The first-order valence-corrected chi connectivity index (χ1v) is 7.47. The summed E-state index contributed by atoms with van der Waals surface area (Å²) in [6.07, 6.45) is 1.52. The van der Waals surface area contributed by atoms with Gasteiger partial charge in [-0.05, 0) is 25.1 Å². The summed E-state index contributed by atoms with van der Waals surface area (Å²) in [4.78, 5) is 16.3. The maximum Gasteiger partial charge on any atom is 0.254 e. The number of hydrogen-bond acceptors (Lipinski definition) is 5. The summed E-state index contributed by atoms with van der Waals surface area (Å²) in [5.74, 6) is 0.513. The summed E-state index contributed by atoms with van der Waals surface area (Å²) >= 11 is 1.61. The van der Waals surface area contributed by atoms with Crippen molar-refractivity contribution >= 4 is 32.6 Å². The number of furan rings is 1. The molecule has 0 unspecified atom stereocenters. The number of hydrogen-bond donors (Lipinski definition) is 2. The molecule has 2 heterocycles. The van der Waals surface area contributed by atoms with Crippen LogP contribution in [0.4, 0.5) is 5.13 Å². The van der Waals surface area contributed by atoms with Crippen molar-refractivity contribution in [1.29, 1.82) is 0 Å². The normalized spacial score (nSPS) is 10.7. The first-order valence-electron chi connectivity index (χ1n) is 6.66. The van der Waals surface area contributed by atoms with Crippen LogP contribution >= 0.6 is 11.3 Å². The molecule has 0 saturated carbocycles. The molecule has 5 nitrogen and oxygen atoms in total. The lowest BCUT2D eigenvalue weighted by Gasteiger charge is -2.05. The minimum atomic E-state index is -0.118. The van der Waals surface area contributed by atoms with Gasteiger partial charge in [0.25, 0.3) is 5.91 Å². The Bertz CT molecular complexity index is 730. The number of carbonyl (C=O) groups excluding carboxylic acids is 1. The van der Waals surface area contributed by atoms with E-state index >= 15 is 0 Å². The number of para-hydroxylation sites is 1. The third-order valence-corrected chi connectivity index (χ3v) is 4.08. The Kier molecular flexibility index (Phi) is 3.87. The fourth-order valence-corrected chi connectivity index (χ4v) is 2.90. The van der Waals surface area contributed by atoms with E-state index in [0.717, 1.165) is 15.3 Å². The molecule has 0 aliphatic carbocycles. The summed E-state index contributed by atoms with van der Waals surface area (Å²) in [6.45, 7) is 2.93. The number of aryl methyl sites for hydroxylation is 1. The van der Waals surface area contributed by atoms with Crippen LogP contribution in [0.25, 0.3) is 10.2 Å². The molecule has 21 heavy (non-hydrogen) atoms. The molecule has 0 radical (unpaired) electrons. The smallest absolute Gasteiger partial charge is 0.254 e. The Morgan fingerprint density at radius 2 is 2.14 bits per heavy atom. The summed E-state index contributed by atoms with van der Waals surface area (Å²) in [5, 5.41) is 6.93. The summed E-state index contributed by atoms with van der Waals surface area (Å²) in [7, 11) is 0. The van der Waals surface area contributed by atoms with E-state index in [4.69, 9.17) is 4.42 Å². The molecule has 2 N–H and O–H groups in total. The molecular formula is C15H15N3O2S. The van der Waals surface area contributed by atoms with E-state index in [-0.39, 0.29) is 5.91 Å². The SMILES string of the molecule is Cc1occc1C(=O)NCCNc1nc2ccccc2s1. The zero-order valence-corrected chi connectivity index (χ0v) is 12.4.